The Balaban J connectivity index is 1.67. The molecule has 4 rings (SSSR count). The van der Waals surface area contributed by atoms with E-state index in [0.29, 0.717) is 22.7 Å². The molecule has 1 N–H and O–H groups in total. The smallest absolute Gasteiger partial charge is 0.256 e. The van der Waals surface area contributed by atoms with E-state index in [0.717, 1.165) is 10.4 Å². The molecule has 4 aromatic rings. The number of nitrogens with zero attached hydrogens (tertiary/aromatic N) is 4. The van der Waals surface area contributed by atoms with Gasteiger partial charge in [0.1, 0.15) is 0 Å². The van der Waals surface area contributed by atoms with Gasteiger partial charge in [0.05, 0.1) is 17.3 Å². The first-order valence-electron chi connectivity index (χ1n) is 8.98. The summed E-state index contributed by atoms with van der Waals surface area (Å²) in [6, 6.07) is 18.4. The second kappa shape index (κ2) is 8.09. The zero-order valence-corrected chi connectivity index (χ0v) is 16.4. The number of aryl methyl sites for hydroxylation is 1. The molecule has 0 saturated heterocycles. The molecule has 0 bridgehead atoms. The van der Waals surface area contributed by atoms with E-state index in [1.807, 2.05) is 61.0 Å². The number of aromatic nitrogens is 2. The van der Waals surface area contributed by atoms with E-state index in [1.165, 1.54) is 11.3 Å². The number of benzene rings is 1. The van der Waals surface area contributed by atoms with Crippen molar-refractivity contribution in [2.24, 2.45) is 4.99 Å². The van der Waals surface area contributed by atoms with Gasteiger partial charge in [-0.15, -0.1) is 11.3 Å². The topological polar surface area (TPSA) is 82.5 Å². The Morgan fingerprint density at radius 2 is 2.07 bits per heavy atom. The number of aliphatic imine (C=N–C) groups is 1. The highest BCUT2D eigenvalue weighted by atomic mass is 32.1. The van der Waals surface area contributed by atoms with Crippen molar-refractivity contribution in [2.75, 3.05) is 0 Å². The minimum atomic E-state index is -0.700. The highest BCUT2D eigenvalue weighted by molar-refractivity contribution is 7.10. The second-order valence-electron chi connectivity index (χ2n) is 6.36. The van der Waals surface area contributed by atoms with Gasteiger partial charge in [-0.1, -0.05) is 36.4 Å². The molecule has 142 valence electrons. The summed E-state index contributed by atoms with van der Waals surface area (Å²) < 4.78 is 1.79. The molecule has 1 aromatic carbocycles. The van der Waals surface area contributed by atoms with Gasteiger partial charge in [-0.25, -0.2) is 9.98 Å². The van der Waals surface area contributed by atoms with Gasteiger partial charge in [0, 0.05) is 17.3 Å². The number of hydrogen-bond acceptors (Lipinski definition) is 5. The van der Waals surface area contributed by atoms with Crippen molar-refractivity contribution in [3.05, 3.63) is 87.9 Å². The SMILES string of the molecule is Cc1nc2c(C(=O)NC(C#N)c3cccs3)cccn2c1N=Cc1ccccc1. The molecule has 3 heterocycles. The van der Waals surface area contributed by atoms with Crippen LogP contribution in [0.15, 0.2) is 71.2 Å². The molecule has 29 heavy (non-hydrogen) atoms. The average molecular weight is 399 g/mol. The largest absolute Gasteiger partial charge is 0.332 e. The van der Waals surface area contributed by atoms with Gasteiger partial charge in [0.25, 0.3) is 5.91 Å². The number of amides is 1. The Labute approximate surface area is 171 Å². The molecule has 3 aromatic heterocycles. The number of nitrogens with one attached hydrogen (secondary N) is 1. The molecule has 1 atom stereocenters. The maximum atomic E-state index is 12.9. The van der Waals surface area contributed by atoms with Crippen LogP contribution in [0, 0.1) is 18.3 Å². The molecule has 0 aliphatic rings. The van der Waals surface area contributed by atoms with E-state index in [9.17, 15) is 10.1 Å². The summed E-state index contributed by atoms with van der Waals surface area (Å²) >= 11 is 1.43. The number of carbonyl (C=O) groups is 1. The molecular formula is C22H17N5OS. The fraction of sp³-hybridized carbons (Fsp3) is 0.0909. The monoisotopic (exact) mass is 399 g/mol. The van der Waals surface area contributed by atoms with E-state index in [2.05, 4.69) is 21.4 Å². The lowest BCUT2D eigenvalue weighted by Gasteiger charge is -2.10. The number of nitriles is 1. The van der Waals surface area contributed by atoms with Crippen molar-refractivity contribution in [1.29, 1.82) is 5.26 Å². The fourth-order valence-corrected chi connectivity index (χ4v) is 3.73. The van der Waals surface area contributed by atoms with Crippen LogP contribution in [0.25, 0.3) is 5.65 Å². The Kier molecular flexibility index (Phi) is 5.18. The lowest BCUT2D eigenvalue weighted by Crippen LogP contribution is -2.27. The van der Waals surface area contributed by atoms with Crippen molar-refractivity contribution in [3.63, 3.8) is 0 Å². The first-order valence-corrected chi connectivity index (χ1v) is 9.86. The summed E-state index contributed by atoms with van der Waals surface area (Å²) in [5.74, 6) is 0.313. The van der Waals surface area contributed by atoms with E-state index in [-0.39, 0.29) is 5.91 Å². The molecule has 0 saturated carbocycles. The van der Waals surface area contributed by atoms with Crippen LogP contribution in [0.3, 0.4) is 0 Å². The van der Waals surface area contributed by atoms with Gasteiger partial charge in [0.15, 0.2) is 17.5 Å². The van der Waals surface area contributed by atoms with Gasteiger partial charge >= 0.3 is 0 Å². The van der Waals surface area contributed by atoms with E-state index in [1.54, 1.807) is 22.7 Å². The van der Waals surface area contributed by atoms with Crippen LogP contribution in [-0.2, 0) is 0 Å². The van der Waals surface area contributed by atoms with Crippen molar-refractivity contribution in [2.45, 2.75) is 13.0 Å². The number of hydrogen-bond donors (Lipinski definition) is 1. The number of carbonyl (C=O) groups excluding carboxylic acids is 1. The minimum Gasteiger partial charge on any atom is -0.332 e. The zero-order valence-electron chi connectivity index (χ0n) is 15.6. The third-order valence-electron chi connectivity index (χ3n) is 4.40. The highest BCUT2D eigenvalue weighted by Crippen LogP contribution is 2.24. The molecule has 0 radical (unpaired) electrons. The van der Waals surface area contributed by atoms with Gasteiger partial charge in [-0.05, 0) is 36.1 Å². The van der Waals surface area contributed by atoms with E-state index < -0.39 is 6.04 Å². The third-order valence-corrected chi connectivity index (χ3v) is 5.34. The Morgan fingerprint density at radius 3 is 2.79 bits per heavy atom. The lowest BCUT2D eigenvalue weighted by atomic mass is 10.2. The summed E-state index contributed by atoms with van der Waals surface area (Å²) in [6.07, 6.45) is 3.59. The van der Waals surface area contributed by atoms with Crippen LogP contribution >= 0.6 is 11.3 Å². The first-order chi connectivity index (χ1) is 14.2. The number of rotatable bonds is 5. The molecule has 7 heteroatoms. The summed E-state index contributed by atoms with van der Waals surface area (Å²) in [6.45, 7) is 1.86. The summed E-state index contributed by atoms with van der Waals surface area (Å²) in [5.41, 5.74) is 2.59. The van der Waals surface area contributed by atoms with Crippen LogP contribution in [-0.4, -0.2) is 21.5 Å². The van der Waals surface area contributed by atoms with E-state index >= 15 is 0 Å². The van der Waals surface area contributed by atoms with Crippen LogP contribution in [0.1, 0.15) is 32.5 Å². The van der Waals surface area contributed by atoms with Crippen LogP contribution in [0.2, 0.25) is 0 Å². The normalized spacial score (nSPS) is 12.1. The van der Waals surface area contributed by atoms with Gasteiger partial charge in [0.2, 0.25) is 0 Å². The zero-order chi connectivity index (χ0) is 20.2. The van der Waals surface area contributed by atoms with Crippen molar-refractivity contribution in [1.82, 2.24) is 14.7 Å². The Hall–Kier alpha value is -3.76. The van der Waals surface area contributed by atoms with Crippen LogP contribution in [0.4, 0.5) is 5.82 Å². The molecule has 0 spiro atoms. The number of pyridine rings is 1. The van der Waals surface area contributed by atoms with Crippen LogP contribution < -0.4 is 5.32 Å². The quantitative estimate of drug-likeness (QED) is 0.503. The highest BCUT2D eigenvalue weighted by Gasteiger charge is 2.20. The Bertz CT molecular complexity index is 1220. The van der Waals surface area contributed by atoms with Gasteiger partial charge in [-0.2, -0.15) is 5.26 Å². The maximum Gasteiger partial charge on any atom is 0.256 e. The average Bonchev–Trinajstić information content (AvgIpc) is 3.38. The summed E-state index contributed by atoms with van der Waals surface area (Å²) in [7, 11) is 0. The van der Waals surface area contributed by atoms with Crippen LogP contribution in [0.5, 0.6) is 0 Å². The van der Waals surface area contributed by atoms with Crippen molar-refractivity contribution in [3.8, 4) is 6.07 Å². The third kappa shape index (κ3) is 3.79. The molecule has 0 aliphatic heterocycles. The Morgan fingerprint density at radius 1 is 1.24 bits per heavy atom. The standard InChI is InChI=1S/C22H17N5OS/c1-15-20(24-14-16-7-3-2-4-8-16)27-11-5-9-17(21(27)25-15)22(28)26-18(13-23)19-10-6-12-29-19/h2-12,14,18H,1H3,(H,26,28). The molecule has 1 unspecified atom stereocenters. The first kappa shape index (κ1) is 18.6. The van der Waals surface area contributed by atoms with Crippen molar-refractivity contribution < 1.29 is 4.79 Å². The summed E-state index contributed by atoms with van der Waals surface area (Å²) in [4.78, 5) is 22.8. The fourth-order valence-electron chi connectivity index (χ4n) is 3.01. The molecule has 6 nitrogen and oxygen atoms in total. The van der Waals surface area contributed by atoms with E-state index in [4.69, 9.17) is 0 Å². The molecular weight excluding hydrogens is 382 g/mol. The second-order valence-corrected chi connectivity index (χ2v) is 7.34. The van der Waals surface area contributed by atoms with Crippen molar-refractivity contribution >= 4 is 34.9 Å². The number of thiophene rings is 1. The molecule has 1 amide bonds. The number of imidazole rings is 1. The molecule has 0 fully saturated rings. The predicted molar refractivity (Wildman–Crippen MR) is 114 cm³/mol. The van der Waals surface area contributed by atoms with Gasteiger partial charge < -0.3 is 5.32 Å². The predicted octanol–water partition coefficient (Wildman–Crippen LogP) is 4.45. The summed E-state index contributed by atoms with van der Waals surface area (Å²) in [5, 5.41) is 14.1. The minimum absolute atomic E-state index is 0.348. The molecule has 0 aliphatic carbocycles. The van der Waals surface area contributed by atoms with Gasteiger partial charge in [-0.3, -0.25) is 9.20 Å². The number of fused-ring (bicyclic) bond motifs is 1. The lowest BCUT2D eigenvalue weighted by molar-refractivity contribution is 0.0947. The maximum absolute atomic E-state index is 12.9.